The second-order valence-corrected chi connectivity index (χ2v) is 6.24. The SMILES string of the molecule is Cc1nn(C)c(C)c1[C@H]1CCCN1C[C@@H](O)Cn1cccn1. The van der Waals surface area contributed by atoms with E-state index in [4.69, 9.17) is 0 Å². The molecule has 0 bridgehead atoms. The maximum absolute atomic E-state index is 10.4. The Morgan fingerprint density at radius 1 is 1.36 bits per heavy atom. The predicted molar refractivity (Wildman–Crippen MR) is 84.5 cm³/mol. The maximum atomic E-state index is 10.4. The second-order valence-electron chi connectivity index (χ2n) is 6.24. The molecule has 6 heteroatoms. The summed E-state index contributed by atoms with van der Waals surface area (Å²) in [7, 11) is 2.00. The first kappa shape index (κ1) is 15.2. The van der Waals surface area contributed by atoms with Gasteiger partial charge in [-0.3, -0.25) is 14.3 Å². The van der Waals surface area contributed by atoms with E-state index in [9.17, 15) is 5.11 Å². The molecule has 0 aliphatic carbocycles. The highest BCUT2D eigenvalue weighted by Gasteiger charge is 2.31. The van der Waals surface area contributed by atoms with Crippen molar-refractivity contribution in [1.29, 1.82) is 0 Å². The number of rotatable bonds is 5. The molecule has 2 atom stereocenters. The summed E-state index contributed by atoms with van der Waals surface area (Å²) >= 11 is 0. The average Bonchev–Trinajstić information content (AvgIpc) is 3.15. The summed E-state index contributed by atoms with van der Waals surface area (Å²) in [5, 5.41) is 19.1. The lowest BCUT2D eigenvalue weighted by atomic mass is 10.0. The molecule has 1 fully saturated rings. The number of hydrogen-bond acceptors (Lipinski definition) is 4. The number of aromatic nitrogens is 4. The van der Waals surface area contributed by atoms with Crippen LogP contribution in [0.4, 0.5) is 0 Å². The molecule has 0 amide bonds. The van der Waals surface area contributed by atoms with Crippen LogP contribution in [0.2, 0.25) is 0 Å². The van der Waals surface area contributed by atoms with Crippen LogP contribution in [0.1, 0.15) is 35.8 Å². The van der Waals surface area contributed by atoms with Gasteiger partial charge in [-0.2, -0.15) is 10.2 Å². The van der Waals surface area contributed by atoms with Crippen molar-refractivity contribution in [3.63, 3.8) is 0 Å². The number of aryl methyl sites for hydroxylation is 2. The summed E-state index contributed by atoms with van der Waals surface area (Å²) in [5.74, 6) is 0. The van der Waals surface area contributed by atoms with Gasteiger partial charge in [-0.1, -0.05) is 0 Å². The zero-order valence-electron chi connectivity index (χ0n) is 13.6. The van der Waals surface area contributed by atoms with E-state index in [1.165, 1.54) is 17.7 Å². The van der Waals surface area contributed by atoms with Crippen molar-refractivity contribution >= 4 is 0 Å². The topological polar surface area (TPSA) is 59.1 Å². The van der Waals surface area contributed by atoms with Gasteiger partial charge in [0.1, 0.15) is 0 Å². The van der Waals surface area contributed by atoms with Crippen LogP contribution in [-0.4, -0.2) is 48.8 Å². The zero-order valence-corrected chi connectivity index (χ0v) is 13.6. The molecule has 1 saturated heterocycles. The van der Waals surface area contributed by atoms with E-state index >= 15 is 0 Å². The highest BCUT2D eigenvalue weighted by molar-refractivity contribution is 5.29. The molecule has 1 N–H and O–H groups in total. The molecule has 1 aliphatic heterocycles. The Balaban J connectivity index is 1.70. The number of aliphatic hydroxyl groups excluding tert-OH is 1. The fourth-order valence-electron chi connectivity index (χ4n) is 3.60. The van der Waals surface area contributed by atoms with Crippen molar-refractivity contribution in [3.05, 3.63) is 35.4 Å². The molecule has 0 unspecified atom stereocenters. The standard InChI is InChI=1S/C16H25N5O/c1-12-16(13(2)19(3)18-12)15-6-4-8-20(15)10-14(22)11-21-9-5-7-17-21/h5,7,9,14-15,22H,4,6,8,10-11H2,1-3H3/t14-,15-/m1/s1. The summed E-state index contributed by atoms with van der Waals surface area (Å²) in [5.41, 5.74) is 3.68. The van der Waals surface area contributed by atoms with Gasteiger partial charge in [0.2, 0.25) is 0 Å². The Morgan fingerprint density at radius 2 is 2.18 bits per heavy atom. The van der Waals surface area contributed by atoms with E-state index in [0.29, 0.717) is 19.1 Å². The van der Waals surface area contributed by atoms with E-state index in [2.05, 4.69) is 28.9 Å². The smallest absolute Gasteiger partial charge is 0.0862 e. The number of likely N-dealkylation sites (tertiary alicyclic amines) is 1. The van der Waals surface area contributed by atoms with Gasteiger partial charge in [-0.15, -0.1) is 0 Å². The molecule has 120 valence electrons. The fourth-order valence-corrected chi connectivity index (χ4v) is 3.60. The summed E-state index contributed by atoms with van der Waals surface area (Å²) in [6.45, 7) is 6.47. The van der Waals surface area contributed by atoms with E-state index in [1.807, 2.05) is 24.0 Å². The molecule has 2 aromatic heterocycles. The minimum Gasteiger partial charge on any atom is -0.390 e. The molecule has 22 heavy (non-hydrogen) atoms. The number of aliphatic hydroxyl groups is 1. The zero-order chi connectivity index (χ0) is 15.7. The Kier molecular flexibility index (Phi) is 4.31. The van der Waals surface area contributed by atoms with Crippen molar-refractivity contribution < 1.29 is 5.11 Å². The third kappa shape index (κ3) is 2.94. The Bertz CT molecular complexity index is 619. The van der Waals surface area contributed by atoms with E-state index in [-0.39, 0.29) is 0 Å². The molecule has 0 spiro atoms. The lowest BCUT2D eigenvalue weighted by molar-refractivity contribution is 0.0888. The molecule has 1 aliphatic rings. The first-order valence-electron chi connectivity index (χ1n) is 7.96. The van der Waals surface area contributed by atoms with Crippen molar-refractivity contribution in [3.8, 4) is 0 Å². The molecule has 3 heterocycles. The Labute approximate surface area is 131 Å². The van der Waals surface area contributed by atoms with Crippen LogP contribution < -0.4 is 0 Å². The minimum absolute atomic E-state index is 0.376. The molecule has 6 nitrogen and oxygen atoms in total. The lowest BCUT2D eigenvalue weighted by Gasteiger charge is -2.27. The number of nitrogens with zero attached hydrogens (tertiary/aromatic N) is 5. The van der Waals surface area contributed by atoms with Gasteiger partial charge >= 0.3 is 0 Å². The maximum Gasteiger partial charge on any atom is 0.0862 e. The van der Waals surface area contributed by atoms with E-state index in [1.54, 1.807) is 10.9 Å². The van der Waals surface area contributed by atoms with Crippen LogP contribution in [0.15, 0.2) is 18.5 Å². The minimum atomic E-state index is -0.405. The summed E-state index contributed by atoms with van der Waals surface area (Å²) < 4.78 is 3.75. The fraction of sp³-hybridized carbons (Fsp3) is 0.625. The van der Waals surface area contributed by atoms with Crippen molar-refractivity contribution in [2.24, 2.45) is 7.05 Å². The third-order valence-corrected chi connectivity index (χ3v) is 4.66. The van der Waals surface area contributed by atoms with Gasteiger partial charge in [0.15, 0.2) is 0 Å². The van der Waals surface area contributed by atoms with Gasteiger partial charge < -0.3 is 5.11 Å². The second kappa shape index (κ2) is 6.22. The van der Waals surface area contributed by atoms with Crippen molar-refractivity contribution in [2.45, 2.75) is 45.4 Å². The molecular formula is C16H25N5O. The van der Waals surface area contributed by atoms with Crippen LogP contribution in [0.5, 0.6) is 0 Å². The number of hydrogen-bond donors (Lipinski definition) is 1. The highest BCUT2D eigenvalue weighted by Crippen LogP contribution is 2.35. The van der Waals surface area contributed by atoms with Crippen LogP contribution in [0.3, 0.4) is 0 Å². The summed E-state index contributed by atoms with van der Waals surface area (Å²) in [4.78, 5) is 2.39. The summed E-state index contributed by atoms with van der Waals surface area (Å²) in [6, 6.07) is 2.26. The molecular weight excluding hydrogens is 278 g/mol. The third-order valence-electron chi connectivity index (χ3n) is 4.66. The van der Waals surface area contributed by atoms with Gasteiger partial charge in [-0.25, -0.2) is 0 Å². The molecule has 0 radical (unpaired) electrons. The Hall–Kier alpha value is -1.66. The van der Waals surface area contributed by atoms with Crippen LogP contribution in [-0.2, 0) is 13.6 Å². The van der Waals surface area contributed by atoms with Gasteiger partial charge in [0.25, 0.3) is 0 Å². The predicted octanol–water partition coefficient (Wildman–Crippen LogP) is 1.43. The van der Waals surface area contributed by atoms with Crippen LogP contribution >= 0.6 is 0 Å². The monoisotopic (exact) mass is 303 g/mol. The molecule has 3 rings (SSSR count). The van der Waals surface area contributed by atoms with Crippen molar-refractivity contribution in [2.75, 3.05) is 13.1 Å². The largest absolute Gasteiger partial charge is 0.390 e. The van der Waals surface area contributed by atoms with Gasteiger partial charge in [0.05, 0.1) is 18.3 Å². The van der Waals surface area contributed by atoms with E-state index in [0.717, 1.165) is 18.7 Å². The summed E-state index contributed by atoms with van der Waals surface area (Å²) in [6.07, 6.45) is 5.54. The lowest BCUT2D eigenvalue weighted by Crippen LogP contribution is -2.34. The van der Waals surface area contributed by atoms with Crippen LogP contribution in [0, 0.1) is 13.8 Å². The van der Waals surface area contributed by atoms with Gasteiger partial charge in [0, 0.05) is 43.3 Å². The van der Waals surface area contributed by atoms with Crippen molar-refractivity contribution in [1.82, 2.24) is 24.5 Å². The normalized spacial score (nSPS) is 20.6. The van der Waals surface area contributed by atoms with Gasteiger partial charge in [-0.05, 0) is 39.3 Å². The molecule has 2 aromatic rings. The Morgan fingerprint density at radius 3 is 2.82 bits per heavy atom. The average molecular weight is 303 g/mol. The highest BCUT2D eigenvalue weighted by atomic mass is 16.3. The quantitative estimate of drug-likeness (QED) is 0.908. The first-order chi connectivity index (χ1) is 10.6. The van der Waals surface area contributed by atoms with E-state index < -0.39 is 6.10 Å². The molecule has 0 saturated carbocycles. The molecule has 0 aromatic carbocycles. The number of β-amino-alcohol motifs (C(OH)–C–C–N with tert-alkyl or cyclic N) is 1. The van der Waals surface area contributed by atoms with Crippen LogP contribution in [0.25, 0.3) is 0 Å². The first-order valence-corrected chi connectivity index (χ1v) is 7.96.